The van der Waals surface area contributed by atoms with Crippen molar-refractivity contribution < 1.29 is 43.7 Å². The van der Waals surface area contributed by atoms with Gasteiger partial charge in [-0.05, 0) is 24.3 Å². The van der Waals surface area contributed by atoms with E-state index in [4.69, 9.17) is 25.0 Å². The second-order valence-corrected chi connectivity index (χ2v) is 6.23. The molecule has 1 aromatic carbocycles. The van der Waals surface area contributed by atoms with E-state index in [1.807, 2.05) is 0 Å². The first-order valence-electron chi connectivity index (χ1n) is 6.59. The zero-order valence-corrected chi connectivity index (χ0v) is 12.7. The molecule has 0 radical (unpaired) electrons. The lowest BCUT2D eigenvalue weighted by atomic mass is 9.99. The van der Waals surface area contributed by atoms with E-state index in [1.165, 1.54) is 12.1 Å². The van der Waals surface area contributed by atoms with Crippen LogP contribution in [0.4, 0.5) is 5.69 Å². The molecule has 1 fully saturated rings. The summed E-state index contributed by atoms with van der Waals surface area (Å²) in [5.41, 5.74) is 6.02. The Morgan fingerprint density at radius 1 is 1.09 bits per heavy atom. The monoisotopic (exact) mass is 351 g/mol. The topological polar surface area (TPSA) is 172 Å². The van der Waals surface area contributed by atoms with Crippen LogP contribution in [0.1, 0.15) is 0 Å². The second-order valence-electron chi connectivity index (χ2n) is 4.99. The standard InChI is InChI=1S/C12H18NO9P/c13-6-1-3-7(4-2-6)21-12-11(16)10(15)9(14)8(22-12)5-20-23(17,18)19/h1-4,8-12,14-16H,5,13H2,(H2,17,18,19). The Labute approximate surface area is 131 Å². The van der Waals surface area contributed by atoms with E-state index in [0.717, 1.165) is 0 Å². The van der Waals surface area contributed by atoms with Gasteiger partial charge in [-0.1, -0.05) is 0 Å². The maximum atomic E-state index is 10.7. The van der Waals surface area contributed by atoms with Crippen LogP contribution in [0.25, 0.3) is 0 Å². The third kappa shape index (κ3) is 4.87. The molecular formula is C12H18NO9P. The van der Waals surface area contributed by atoms with Crippen molar-refractivity contribution in [3.05, 3.63) is 24.3 Å². The highest BCUT2D eigenvalue weighted by molar-refractivity contribution is 7.46. The predicted molar refractivity (Wildman–Crippen MR) is 76.2 cm³/mol. The van der Waals surface area contributed by atoms with Crippen LogP contribution in [0.3, 0.4) is 0 Å². The van der Waals surface area contributed by atoms with Gasteiger partial charge < -0.3 is 40.3 Å². The van der Waals surface area contributed by atoms with E-state index >= 15 is 0 Å². The van der Waals surface area contributed by atoms with Gasteiger partial charge in [0.25, 0.3) is 0 Å². The smallest absolute Gasteiger partial charge is 0.462 e. The zero-order valence-electron chi connectivity index (χ0n) is 11.8. The summed E-state index contributed by atoms with van der Waals surface area (Å²) in [6, 6.07) is 6.10. The molecule has 1 aromatic rings. The van der Waals surface area contributed by atoms with Crippen molar-refractivity contribution in [2.24, 2.45) is 0 Å². The number of benzene rings is 1. The number of aliphatic hydroxyl groups is 3. The van der Waals surface area contributed by atoms with Crippen molar-refractivity contribution in [2.75, 3.05) is 12.3 Å². The van der Waals surface area contributed by atoms with Crippen LogP contribution in [0.15, 0.2) is 24.3 Å². The number of aliphatic hydroxyl groups excluding tert-OH is 3. The van der Waals surface area contributed by atoms with Crippen LogP contribution in [-0.2, 0) is 13.8 Å². The molecule has 0 bridgehead atoms. The van der Waals surface area contributed by atoms with Crippen LogP contribution in [-0.4, -0.2) is 62.4 Å². The van der Waals surface area contributed by atoms with Gasteiger partial charge in [-0.3, -0.25) is 4.52 Å². The minimum Gasteiger partial charge on any atom is -0.462 e. The molecule has 2 rings (SSSR count). The Morgan fingerprint density at radius 3 is 2.26 bits per heavy atom. The maximum Gasteiger partial charge on any atom is 0.469 e. The van der Waals surface area contributed by atoms with E-state index in [2.05, 4.69) is 4.52 Å². The molecular weight excluding hydrogens is 333 g/mol. The van der Waals surface area contributed by atoms with Crippen molar-refractivity contribution in [1.82, 2.24) is 0 Å². The lowest BCUT2D eigenvalue weighted by Crippen LogP contribution is -2.60. The maximum absolute atomic E-state index is 10.7. The number of hydrogen-bond donors (Lipinski definition) is 6. The molecule has 1 saturated heterocycles. The molecule has 0 aromatic heterocycles. The summed E-state index contributed by atoms with van der Waals surface area (Å²) >= 11 is 0. The number of nitrogen functional groups attached to an aromatic ring is 1. The minimum atomic E-state index is -4.78. The van der Waals surface area contributed by atoms with Crippen LogP contribution >= 0.6 is 7.82 Å². The van der Waals surface area contributed by atoms with Gasteiger partial charge >= 0.3 is 7.82 Å². The molecule has 0 aliphatic carbocycles. The van der Waals surface area contributed by atoms with Crippen molar-refractivity contribution in [2.45, 2.75) is 30.7 Å². The molecule has 1 heterocycles. The number of ether oxygens (including phenoxy) is 2. The molecule has 0 amide bonds. The number of hydrogen-bond acceptors (Lipinski definition) is 8. The third-order valence-electron chi connectivity index (χ3n) is 3.21. The summed E-state index contributed by atoms with van der Waals surface area (Å²) in [5.74, 6) is 0.279. The molecule has 5 atom stereocenters. The van der Waals surface area contributed by atoms with E-state index in [0.29, 0.717) is 5.69 Å². The number of phosphoric ester groups is 1. The van der Waals surface area contributed by atoms with Crippen molar-refractivity contribution >= 4 is 13.5 Å². The molecule has 130 valence electrons. The van der Waals surface area contributed by atoms with E-state index < -0.39 is 45.1 Å². The van der Waals surface area contributed by atoms with Gasteiger partial charge in [-0.15, -0.1) is 0 Å². The minimum absolute atomic E-state index is 0.279. The molecule has 10 nitrogen and oxygen atoms in total. The fraction of sp³-hybridized carbons (Fsp3) is 0.500. The van der Waals surface area contributed by atoms with Gasteiger partial charge in [-0.2, -0.15) is 0 Å². The van der Waals surface area contributed by atoms with Crippen molar-refractivity contribution in [3.8, 4) is 5.75 Å². The van der Waals surface area contributed by atoms with Gasteiger partial charge in [0.05, 0.1) is 6.61 Å². The van der Waals surface area contributed by atoms with Crippen molar-refractivity contribution in [1.29, 1.82) is 0 Å². The van der Waals surface area contributed by atoms with E-state index in [9.17, 15) is 19.9 Å². The normalized spacial score (nSPS) is 31.8. The number of anilines is 1. The van der Waals surface area contributed by atoms with Crippen LogP contribution in [0.5, 0.6) is 5.75 Å². The molecule has 5 unspecified atom stereocenters. The summed E-state index contributed by atoms with van der Waals surface area (Å²) < 4.78 is 25.5. The van der Waals surface area contributed by atoms with Crippen molar-refractivity contribution in [3.63, 3.8) is 0 Å². The Kier molecular flexibility index (Phi) is 5.61. The molecule has 23 heavy (non-hydrogen) atoms. The quantitative estimate of drug-likeness (QED) is 0.273. The molecule has 0 spiro atoms. The highest BCUT2D eigenvalue weighted by Crippen LogP contribution is 2.37. The van der Waals surface area contributed by atoms with Crippen LogP contribution < -0.4 is 10.5 Å². The summed E-state index contributed by atoms with van der Waals surface area (Å²) in [6.07, 6.45) is -7.51. The Hall–Kier alpha value is -1.23. The fourth-order valence-corrected chi connectivity index (χ4v) is 2.34. The zero-order chi connectivity index (χ0) is 17.2. The van der Waals surface area contributed by atoms with Gasteiger partial charge in [0.2, 0.25) is 6.29 Å². The lowest BCUT2D eigenvalue weighted by Gasteiger charge is -2.40. The summed E-state index contributed by atoms with van der Waals surface area (Å²) in [5, 5.41) is 29.5. The lowest BCUT2D eigenvalue weighted by molar-refractivity contribution is -0.276. The average Bonchev–Trinajstić information content (AvgIpc) is 2.48. The summed E-state index contributed by atoms with van der Waals surface area (Å²) in [7, 11) is -4.78. The average molecular weight is 351 g/mol. The fourth-order valence-electron chi connectivity index (χ4n) is 2.00. The number of rotatable bonds is 5. The molecule has 1 aliphatic heterocycles. The largest absolute Gasteiger partial charge is 0.469 e. The Morgan fingerprint density at radius 2 is 1.70 bits per heavy atom. The SMILES string of the molecule is Nc1ccc(OC2OC(COP(=O)(O)O)C(O)C(O)C2O)cc1. The van der Waals surface area contributed by atoms with E-state index in [-0.39, 0.29) is 5.75 Å². The first kappa shape index (κ1) is 18.1. The highest BCUT2D eigenvalue weighted by atomic mass is 31.2. The number of phosphoric acid groups is 1. The molecule has 7 N–H and O–H groups in total. The Balaban J connectivity index is 2.06. The van der Waals surface area contributed by atoms with Gasteiger partial charge in [0.15, 0.2) is 0 Å². The van der Waals surface area contributed by atoms with Gasteiger partial charge in [0, 0.05) is 5.69 Å². The molecule has 11 heteroatoms. The van der Waals surface area contributed by atoms with Crippen LogP contribution in [0.2, 0.25) is 0 Å². The Bertz CT molecular complexity index is 562. The predicted octanol–water partition coefficient (Wildman–Crippen LogP) is -1.44. The summed E-state index contributed by atoms with van der Waals surface area (Å²) in [6.45, 7) is -0.698. The highest BCUT2D eigenvalue weighted by Gasteiger charge is 2.45. The van der Waals surface area contributed by atoms with Crippen LogP contribution in [0, 0.1) is 0 Å². The van der Waals surface area contributed by atoms with E-state index in [1.54, 1.807) is 12.1 Å². The summed E-state index contributed by atoms with van der Waals surface area (Å²) in [4.78, 5) is 17.4. The second kappa shape index (κ2) is 7.12. The van der Waals surface area contributed by atoms with Gasteiger partial charge in [-0.25, -0.2) is 4.57 Å². The van der Waals surface area contributed by atoms with Gasteiger partial charge in [0.1, 0.15) is 30.2 Å². The number of nitrogens with two attached hydrogens (primary N) is 1. The molecule has 0 saturated carbocycles. The first-order valence-corrected chi connectivity index (χ1v) is 8.12. The first-order chi connectivity index (χ1) is 10.7. The third-order valence-corrected chi connectivity index (χ3v) is 3.69. The molecule has 1 aliphatic rings.